The summed E-state index contributed by atoms with van der Waals surface area (Å²) in [6, 6.07) is 17.4. The van der Waals surface area contributed by atoms with Crippen LogP contribution in [0.3, 0.4) is 0 Å². The van der Waals surface area contributed by atoms with E-state index in [9.17, 15) is 14.4 Å². The van der Waals surface area contributed by atoms with Gasteiger partial charge in [-0.05, 0) is 19.4 Å². The highest BCUT2D eigenvalue weighted by atomic mass is 16.6. The first-order chi connectivity index (χ1) is 13.4. The summed E-state index contributed by atoms with van der Waals surface area (Å²) in [5.41, 5.74) is 5.27. The molecule has 0 spiro atoms. The number of carbonyl (C=O) groups excluding carboxylic acids is 3. The van der Waals surface area contributed by atoms with Crippen LogP contribution in [0.1, 0.15) is 42.1 Å². The summed E-state index contributed by atoms with van der Waals surface area (Å²) in [7, 11) is 0. The van der Waals surface area contributed by atoms with Crippen molar-refractivity contribution < 1.29 is 23.9 Å². The number of hydrogen-bond donors (Lipinski definition) is 1. The molecule has 2 aromatic rings. The molecule has 0 saturated heterocycles. The van der Waals surface area contributed by atoms with Crippen LogP contribution < -0.4 is 5.73 Å². The van der Waals surface area contributed by atoms with Crippen LogP contribution in [-0.2, 0) is 19.1 Å². The number of hydrogen-bond acceptors (Lipinski definition) is 6. The first-order valence-corrected chi connectivity index (χ1v) is 9.21. The summed E-state index contributed by atoms with van der Waals surface area (Å²) >= 11 is 0. The van der Waals surface area contributed by atoms with E-state index in [4.69, 9.17) is 15.2 Å². The van der Waals surface area contributed by atoms with Crippen LogP contribution in [0.2, 0.25) is 0 Å². The Bertz CT molecular complexity index is 786. The largest absolute Gasteiger partial charge is 0.464 e. The van der Waals surface area contributed by atoms with Crippen LogP contribution in [0.15, 0.2) is 60.7 Å². The fourth-order valence-electron chi connectivity index (χ4n) is 3.02. The number of esters is 2. The first-order valence-electron chi connectivity index (χ1n) is 9.21. The molecule has 0 aliphatic heterocycles. The molecule has 0 radical (unpaired) electrons. The summed E-state index contributed by atoms with van der Waals surface area (Å²) in [5.74, 6) is -3.01. The summed E-state index contributed by atoms with van der Waals surface area (Å²) in [6.07, 6.45) is -0.151. The maximum absolute atomic E-state index is 12.9. The second-order valence-electron chi connectivity index (χ2n) is 6.27. The van der Waals surface area contributed by atoms with Gasteiger partial charge in [-0.1, -0.05) is 60.7 Å². The average Bonchev–Trinajstić information content (AvgIpc) is 2.72. The Morgan fingerprint density at radius 1 is 0.857 bits per heavy atom. The van der Waals surface area contributed by atoms with Crippen molar-refractivity contribution in [3.05, 3.63) is 71.8 Å². The van der Waals surface area contributed by atoms with Gasteiger partial charge < -0.3 is 15.2 Å². The molecule has 0 aromatic heterocycles. The smallest absolute Gasteiger partial charge is 0.338 e. The van der Waals surface area contributed by atoms with Gasteiger partial charge in [-0.2, -0.15) is 0 Å². The van der Waals surface area contributed by atoms with Crippen LogP contribution in [0.4, 0.5) is 0 Å². The molecule has 0 bridgehead atoms. The van der Waals surface area contributed by atoms with Gasteiger partial charge >= 0.3 is 11.9 Å². The van der Waals surface area contributed by atoms with E-state index in [0.29, 0.717) is 11.1 Å². The predicted molar refractivity (Wildman–Crippen MR) is 105 cm³/mol. The number of rotatable bonds is 9. The standard InChI is InChI=1S/C22H25NO5/c1-3-27-20(25)22(23,21(26)28-4-2)18(16-11-7-5-8-12-16)15-19(24)17-13-9-6-10-14-17/h5-14,18H,3-4,15,23H2,1-2H3. The molecule has 1 atom stereocenters. The predicted octanol–water partition coefficient (Wildman–Crippen LogP) is 2.87. The molecule has 0 fully saturated rings. The quantitative estimate of drug-likeness (QED) is 0.406. The first kappa shape index (κ1) is 21.3. The average molecular weight is 383 g/mol. The lowest BCUT2D eigenvalue weighted by Crippen LogP contribution is -2.61. The van der Waals surface area contributed by atoms with Gasteiger partial charge in [-0.3, -0.25) is 4.79 Å². The normalized spacial score (nSPS) is 12.1. The number of Topliss-reactive ketones (excluding diaryl/α,β-unsaturated/α-hetero) is 1. The van der Waals surface area contributed by atoms with Crippen molar-refractivity contribution in [1.29, 1.82) is 0 Å². The lowest BCUT2D eigenvalue weighted by molar-refractivity contribution is -0.165. The minimum absolute atomic E-state index is 0.0470. The van der Waals surface area contributed by atoms with Gasteiger partial charge in [0.15, 0.2) is 5.78 Å². The summed E-state index contributed by atoms with van der Waals surface area (Å²) in [4.78, 5) is 38.4. The number of nitrogens with two attached hydrogens (primary N) is 1. The van der Waals surface area contributed by atoms with Gasteiger partial charge in [0, 0.05) is 17.9 Å². The van der Waals surface area contributed by atoms with Crippen LogP contribution in [0.25, 0.3) is 0 Å². The van der Waals surface area contributed by atoms with E-state index in [2.05, 4.69) is 0 Å². The highest BCUT2D eigenvalue weighted by Gasteiger charge is 2.53. The molecule has 28 heavy (non-hydrogen) atoms. The lowest BCUT2D eigenvalue weighted by atomic mass is 9.76. The molecule has 2 N–H and O–H groups in total. The van der Waals surface area contributed by atoms with Gasteiger partial charge in [-0.15, -0.1) is 0 Å². The van der Waals surface area contributed by atoms with E-state index in [1.165, 1.54) is 0 Å². The third kappa shape index (κ3) is 4.64. The molecule has 148 valence electrons. The van der Waals surface area contributed by atoms with Crippen LogP contribution in [0, 0.1) is 0 Å². The molecule has 0 aliphatic rings. The summed E-state index contributed by atoms with van der Waals surface area (Å²) < 4.78 is 10.2. The van der Waals surface area contributed by atoms with Gasteiger partial charge in [0.05, 0.1) is 13.2 Å². The van der Waals surface area contributed by atoms with Crippen molar-refractivity contribution in [2.75, 3.05) is 13.2 Å². The summed E-state index contributed by atoms with van der Waals surface area (Å²) in [6.45, 7) is 3.34. The third-order valence-electron chi connectivity index (χ3n) is 4.46. The molecule has 0 saturated carbocycles. The monoisotopic (exact) mass is 383 g/mol. The van der Waals surface area contributed by atoms with E-state index >= 15 is 0 Å². The highest BCUT2D eigenvalue weighted by molar-refractivity contribution is 6.07. The van der Waals surface area contributed by atoms with E-state index in [1.807, 2.05) is 0 Å². The third-order valence-corrected chi connectivity index (χ3v) is 4.46. The zero-order valence-corrected chi connectivity index (χ0v) is 16.1. The van der Waals surface area contributed by atoms with Crippen molar-refractivity contribution in [2.24, 2.45) is 5.73 Å². The van der Waals surface area contributed by atoms with Crippen molar-refractivity contribution in [3.8, 4) is 0 Å². The van der Waals surface area contributed by atoms with Gasteiger partial charge in [0.2, 0.25) is 5.54 Å². The Labute approximate surface area is 164 Å². The minimum Gasteiger partial charge on any atom is -0.464 e. The van der Waals surface area contributed by atoms with Crippen molar-refractivity contribution in [2.45, 2.75) is 31.7 Å². The molecule has 0 aliphatic carbocycles. The number of ketones is 1. The van der Waals surface area contributed by atoms with Crippen molar-refractivity contribution in [1.82, 2.24) is 0 Å². The maximum Gasteiger partial charge on any atom is 0.338 e. The zero-order valence-electron chi connectivity index (χ0n) is 16.1. The second kappa shape index (κ2) is 9.80. The number of benzene rings is 2. The van der Waals surface area contributed by atoms with Gasteiger partial charge in [0.25, 0.3) is 0 Å². The van der Waals surface area contributed by atoms with Crippen molar-refractivity contribution in [3.63, 3.8) is 0 Å². The topological polar surface area (TPSA) is 95.7 Å². The van der Waals surface area contributed by atoms with Crippen molar-refractivity contribution >= 4 is 17.7 Å². The molecule has 6 nitrogen and oxygen atoms in total. The maximum atomic E-state index is 12.9. The molecule has 2 aromatic carbocycles. The fraction of sp³-hybridized carbons (Fsp3) is 0.318. The Morgan fingerprint density at radius 2 is 1.32 bits per heavy atom. The van der Waals surface area contributed by atoms with Gasteiger partial charge in [-0.25, -0.2) is 9.59 Å². The lowest BCUT2D eigenvalue weighted by Gasteiger charge is -2.33. The zero-order chi connectivity index (χ0) is 20.6. The number of ether oxygens (including phenoxy) is 2. The minimum atomic E-state index is -2.14. The second-order valence-corrected chi connectivity index (χ2v) is 6.27. The van der Waals surface area contributed by atoms with E-state index in [-0.39, 0.29) is 25.4 Å². The highest BCUT2D eigenvalue weighted by Crippen LogP contribution is 2.33. The van der Waals surface area contributed by atoms with Crippen LogP contribution in [0.5, 0.6) is 0 Å². The van der Waals surface area contributed by atoms with E-state index < -0.39 is 23.4 Å². The molecule has 1 unspecified atom stereocenters. The molecular weight excluding hydrogens is 358 g/mol. The number of carbonyl (C=O) groups is 3. The van der Waals surface area contributed by atoms with Crippen LogP contribution in [-0.4, -0.2) is 36.5 Å². The summed E-state index contributed by atoms with van der Waals surface area (Å²) in [5, 5.41) is 0. The molecule has 6 heteroatoms. The Kier molecular flexibility index (Phi) is 7.46. The molecule has 0 amide bonds. The Hall–Kier alpha value is -2.99. The Balaban J connectivity index is 2.52. The SMILES string of the molecule is CCOC(=O)C(N)(C(=O)OCC)C(CC(=O)c1ccccc1)c1ccccc1. The van der Waals surface area contributed by atoms with E-state index in [0.717, 1.165) is 0 Å². The Morgan fingerprint density at radius 3 is 1.79 bits per heavy atom. The fourth-order valence-corrected chi connectivity index (χ4v) is 3.02. The molecule has 0 heterocycles. The van der Waals surface area contributed by atoms with Gasteiger partial charge in [0.1, 0.15) is 0 Å². The van der Waals surface area contributed by atoms with E-state index in [1.54, 1.807) is 74.5 Å². The molecular formula is C22H25NO5. The molecule has 2 rings (SSSR count). The van der Waals surface area contributed by atoms with Crippen LogP contribution >= 0.6 is 0 Å².